The molecule has 4 heteroatoms. The molecule has 12 rings (SSSR count). The van der Waals surface area contributed by atoms with Crippen LogP contribution in [-0.4, -0.2) is 19.9 Å². The Hall–Kier alpha value is -7.82. The lowest BCUT2D eigenvalue weighted by molar-refractivity contribution is 0.660. The first-order valence-electron chi connectivity index (χ1n) is 22.1. The van der Waals surface area contributed by atoms with Gasteiger partial charge in [-0.25, -0.2) is 9.97 Å². The fourth-order valence-corrected chi connectivity index (χ4v) is 10.5. The molecule has 0 N–H and O–H groups in total. The van der Waals surface area contributed by atoms with E-state index < -0.39 is 0 Å². The standard InChI is InChI=1S/C60H44N4/c1-59(2)51-11-7-5-9-47(51)49-23-21-43(35-53(49)59)45-25-26-46(44-22-24-50-48-10-6-8-12-52(48)60(3,4)54(50)36-44)58-57(45)63-55(41-17-13-37(14-18-41)39-27-31-61-32-28-39)56(64-58)42-19-15-38(16-20-42)40-29-33-62-34-30-40/h5-36H,1-4H3. The Labute approximate surface area is 374 Å². The molecule has 0 saturated heterocycles. The summed E-state index contributed by atoms with van der Waals surface area (Å²) in [6.45, 7) is 9.37. The Kier molecular flexibility index (Phi) is 8.51. The molecule has 0 unspecified atom stereocenters. The summed E-state index contributed by atoms with van der Waals surface area (Å²) in [7, 11) is 0. The van der Waals surface area contributed by atoms with Crippen molar-refractivity contribution in [3.05, 3.63) is 217 Å². The molecule has 0 aliphatic heterocycles. The van der Waals surface area contributed by atoms with Crippen LogP contribution in [0.25, 0.3) is 100 Å². The van der Waals surface area contributed by atoms with E-state index in [1.165, 1.54) is 44.5 Å². The van der Waals surface area contributed by atoms with Gasteiger partial charge in [0.2, 0.25) is 0 Å². The quantitative estimate of drug-likeness (QED) is 0.168. The molecule has 3 aromatic heterocycles. The molecule has 0 atom stereocenters. The first-order valence-corrected chi connectivity index (χ1v) is 22.1. The van der Waals surface area contributed by atoms with Gasteiger partial charge in [-0.1, -0.05) is 161 Å². The summed E-state index contributed by atoms with van der Waals surface area (Å²) in [6, 6.07) is 61.8. The van der Waals surface area contributed by atoms with Crippen LogP contribution < -0.4 is 0 Å². The van der Waals surface area contributed by atoms with Crippen molar-refractivity contribution in [3.8, 4) is 89.3 Å². The summed E-state index contributed by atoms with van der Waals surface area (Å²) in [5, 5.41) is 0. The molecule has 7 aromatic carbocycles. The second-order valence-electron chi connectivity index (χ2n) is 18.3. The van der Waals surface area contributed by atoms with Gasteiger partial charge < -0.3 is 0 Å². The van der Waals surface area contributed by atoms with Crippen molar-refractivity contribution in [2.24, 2.45) is 0 Å². The van der Waals surface area contributed by atoms with Crippen LogP contribution in [0.1, 0.15) is 49.9 Å². The molecular formula is C60H44N4. The highest BCUT2D eigenvalue weighted by Gasteiger charge is 2.37. The van der Waals surface area contributed by atoms with Crippen LogP contribution in [0.2, 0.25) is 0 Å². The largest absolute Gasteiger partial charge is 0.265 e. The number of nitrogens with zero attached hydrogens (tertiary/aromatic N) is 4. The highest BCUT2D eigenvalue weighted by molar-refractivity contribution is 6.04. The van der Waals surface area contributed by atoms with E-state index >= 15 is 0 Å². The van der Waals surface area contributed by atoms with Gasteiger partial charge in [-0.15, -0.1) is 0 Å². The minimum Gasteiger partial charge on any atom is -0.265 e. The van der Waals surface area contributed by atoms with Crippen molar-refractivity contribution in [1.82, 2.24) is 19.9 Å². The molecule has 3 heterocycles. The Bertz CT molecular complexity index is 3230. The Morgan fingerprint density at radius 2 is 0.594 bits per heavy atom. The van der Waals surface area contributed by atoms with E-state index in [1.807, 2.05) is 49.1 Å². The predicted octanol–water partition coefficient (Wildman–Crippen LogP) is 15.0. The zero-order valence-corrected chi connectivity index (χ0v) is 36.3. The van der Waals surface area contributed by atoms with Gasteiger partial charge in [-0.05, 0) is 114 Å². The van der Waals surface area contributed by atoms with Gasteiger partial charge in [0.25, 0.3) is 0 Å². The average Bonchev–Trinajstić information content (AvgIpc) is 3.72. The Morgan fingerprint density at radius 1 is 0.281 bits per heavy atom. The molecule has 4 nitrogen and oxygen atoms in total. The predicted molar refractivity (Wildman–Crippen MR) is 263 cm³/mol. The number of hydrogen-bond acceptors (Lipinski definition) is 4. The van der Waals surface area contributed by atoms with Gasteiger partial charge in [-0.3, -0.25) is 9.97 Å². The van der Waals surface area contributed by atoms with E-state index in [0.717, 1.165) is 78.1 Å². The third kappa shape index (κ3) is 5.90. The number of hydrogen-bond donors (Lipinski definition) is 0. The highest BCUT2D eigenvalue weighted by Crippen LogP contribution is 2.52. The molecule has 0 fully saturated rings. The molecule has 2 aliphatic rings. The van der Waals surface area contributed by atoms with Crippen LogP contribution in [0.4, 0.5) is 0 Å². The summed E-state index contributed by atoms with van der Waals surface area (Å²) < 4.78 is 0. The average molecular weight is 821 g/mol. The third-order valence-corrected chi connectivity index (χ3v) is 14.0. The first kappa shape index (κ1) is 37.9. The summed E-state index contributed by atoms with van der Waals surface area (Å²) >= 11 is 0. The van der Waals surface area contributed by atoms with Gasteiger partial charge in [0.1, 0.15) is 0 Å². The second-order valence-corrected chi connectivity index (χ2v) is 18.3. The number of fused-ring (bicyclic) bond motifs is 7. The number of pyridine rings is 2. The summed E-state index contributed by atoms with van der Waals surface area (Å²) in [4.78, 5) is 20.1. The number of benzene rings is 7. The van der Waals surface area contributed by atoms with Crippen molar-refractivity contribution in [1.29, 1.82) is 0 Å². The maximum atomic E-state index is 5.79. The zero-order valence-electron chi connectivity index (χ0n) is 36.3. The normalized spacial score (nSPS) is 13.9. The van der Waals surface area contributed by atoms with E-state index in [2.05, 4.69) is 183 Å². The molecule has 304 valence electrons. The molecule has 64 heavy (non-hydrogen) atoms. The highest BCUT2D eigenvalue weighted by atomic mass is 14.8. The zero-order chi connectivity index (χ0) is 43.2. The van der Waals surface area contributed by atoms with Gasteiger partial charge in [0, 0.05) is 57.9 Å². The van der Waals surface area contributed by atoms with E-state index in [-0.39, 0.29) is 10.8 Å². The fraction of sp³-hybridized carbons (Fsp3) is 0.100. The lowest BCUT2D eigenvalue weighted by Crippen LogP contribution is -2.15. The summed E-state index contributed by atoms with van der Waals surface area (Å²) in [6.07, 6.45) is 7.35. The van der Waals surface area contributed by atoms with Gasteiger partial charge >= 0.3 is 0 Å². The molecule has 0 amide bonds. The molecular weight excluding hydrogens is 777 g/mol. The molecule has 0 radical (unpaired) electrons. The van der Waals surface area contributed by atoms with Crippen molar-refractivity contribution >= 4 is 11.0 Å². The van der Waals surface area contributed by atoms with Crippen LogP contribution in [0.15, 0.2) is 195 Å². The molecule has 2 aliphatic carbocycles. The Morgan fingerprint density at radius 3 is 1.00 bits per heavy atom. The fourth-order valence-electron chi connectivity index (χ4n) is 10.5. The van der Waals surface area contributed by atoms with Crippen molar-refractivity contribution in [2.75, 3.05) is 0 Å². The van der Waals surface area contributed by atoms with Gasteiger partial charge in [-0.2, -0.15) is 0 Å². The van der Waals surface area contributed by atoms with Crippen LogP contribution in [-0.2, 0) is 10.8 Å². The van der Waals surface area contributed by atoms with Gasteiger partial charge in [0.05, 0.1) is 22.4 Å². The molecule has 0 bridgehead atoms. The maximum Gasteiger partial charge on any atom is 0.0979 e. The van der Waals surface area contributed by atoms with Gasteiger partial charge in [0.15, 0.2) is 0 Å². The van der Waals surface area contributed by atoms with Crippen LogP contribution >= 0.6 is 0 Å². The molecule has 10 aromatic rings. The minimum absolute atomic E-state index is 0.143. The smallest absolute Gasteiger partial charge is 0.0979 e. The lowest BCUT2D eigenvalue weighted by atomic mass is 9.81. The minimum atomic E-state index is -0.143. The third-order valence-electron chi connectivity index (χ3n) is 14.0. The van der Waals surface area contributed by atoms with Crippen molar-refractivity contribution < 1.29 is 0 Å². The van der Waals surface area contributed by atoms with E-state index in [1.54, 1.807) is 0 Å². The van der Waals surface area contributed by atoms with Crippen molar-refractivity contribution in [2.45, 2.75) is 38.5 Å². The van der Waals surface area contributed by atoms with Crippen molar-refractivity contribution in [3.63, 3.8) is 0 Å². The van der Waals surface area contributed by atoms with E-state index in [9.17, 15) is 0 Å². The van der Waals surface area contributed by atoms with Crippen LogP contribution in [0, 0.1) is 0 Å². The number of rotatable bonds is 6. The lowest BCUT2D eigenvalue weighted by Gasteiger charge is -2.23. The molecule has 0 spiro atoms. The first-order chi connectivity index (χ1) is 31.2. The maximum absolute atomic E-state index is 5.79. The summed E-state index contributed by atoms with van der Waals surface area (Å²) in [5.41, 5.74) is 24.6. The van der Waals surface area contributed by atoms with Crippen LogP contribution in [0.5, 0.6) is 0 Å². The molecule has 0 saturated carbocycles. The van der Waals surface area contributed by atoms with Crippen LogP contribution in [0.3, 0.4) is 0 Å². The van der Waals surface area contributed by atoms with E-state index in [0.29, 0.717) is 0 Å². The monoisotopic (exact) mass is 820 g/mol. The number of aromatic nitrogens is 4. The Balaban J connectivity index is 1.10. The topological polar surface area (TPSA) is 51.6 Å². The summed E-state index contributed by atoms with van der Waals surface area (Å²) in [5.74, 6) is 0. The van der Waals surface area contributed by atoms with E-state index in [4.69, 9.17) is 9.97 Å². The second kappa shape index (κ2) is 14.4. The SMILES string of the molecule is CC1(C)c2ccccc2-c2ccc(-c3ccc(-c4ccc5c(c4)C(C)(C)c4ccccc4-5)c4nc(-c5ccc(-c6ccncc6)cc5)c(-c5ccc(-c6ccncc6)cc5)nc34)cc21.